The molecule has 1 aliphatic rings. The molecule has 1 unspecified atom stereocenters. The summed E-state index contributed by atoms with van der Waals surface area (Å²) in [6.07, 6.45) is 3.29. The van der Waals surface area contributed by atoms with E-state index in [0.29, 0.717) is 12.8 Å². The van der Waals surface area contributed by atoms with Gasteiger partial charge in [-0.3, -0.25) is 4.79 Å². The highest BCUT2D eigenvalue weighted by Crippen LogP contribution is 2.21. The number of rotatable bonds is 4. The molecule has 0 saturated carbocycles. The number of carbonyl (C=O) groups is 1. The molecule has 2 rings (SSSR count). The van der Waals surface area contributed by atoms with Crippen molar-refractivity contribution in [3.05, 3.63) is 29.6 Å². The van der Waals surface area contributed by atoms with Gasteiger partial charge in [-0.05, 0) is 31.4 Å². The number of carbonyl (C=O) groups excluding carboxylic acids is 1. The van der Waals surface area contributed by atoms with E-state index in [0.717, 1.165) is 19.4 Å². The summed E-state index contributed by atoms with van der Waals surface area (Å²) in [5.41, 5.74) is 5.77. The van der Waals surface area contributed by atoms with Gasteiger partial charge in [0.15, 0.2) is 5.78 Å². The molecule has 92 valence electrons. The smallest absolute Gasteiger partial charge is 0.165 e. The van der Waals surface area contributed by atoms with Crippen molar-refractivity contribution in [2.24, 2.45) is 0 Å². The van der Waals surface area contributed by atoms with Gasteiger partial charge >= 0.3 is 0 Å². The molecule has 2 N–H and O–H groups in total. The molecular formula is C13H16FNO2. The van der Waals surface area contributed by atoms with Crippen LogP contribution < -0.4 is 5.73 Å². The van der Waals surface area contributed by atoms with Crippen LogP contribution in [0.15, 0.2) is 18.2 Å². The minimum atomic E-state index is -0.534. The minimum absolute atomic E-state index is 0.0511. The second-order valence-corrected chi connectivity index (χ2v) is 4.30. The van der Waals surface area contributed by atoms with Crippen LogP contribution >= 0.6 is 0 Å². The molecule has 0 bridgehead atoms. The topological polar surface area (TPSA) is 52.3 Å². The molecule has 0 amide bonds. The van der Waals surface area contributed by atoms with Crippen LogP contribution in [0, 0.1) is 5.82 Å². The number of nitrogen functional groups attached to an aromatic ring is 1. The van der Waals surface area contributed by atoms with Crippen molar-refractivity contribution in [1.82, 2.24) is 0 Å². The van der Waals surface area contributed by atoms with E-state index < -0.39 is 5.82 Å². The number of nitrogens with two attached hydrogens (primary N) is 1. The fraction of sp³-hybridized carbons (Fsp3) is 0.462. The molecule has 3 nitrogen and oxygen atoms in total. The van der Waals surface area contributed by atoms with Crippen molar-refractivity contribution < 1.29 is 13.9 Å². The van der Waals surface area contributed by atoms with Crippen LogP contribution in [0.25, 0.3) is 0 Å². The summed E-state index contributed by atoms with van der Waals surface area (Å²) in [4.78, 5) is 11.9. The van der Waals surface area contributed by atoms with Gasteiger partial charge in [0.05, 0.1) is 11.8 Å². The van der Waals surface area contributed by atoms with Gasteiger partial charge in [-0.15, -0.1) is 0 Å². The average Bonchev–Trinajstić information content (AvgIpc) is 2.82. The van der Waals surface area contributed by atoms with Gasteiger partial charge in [-0.25, -0.2) is 4.39 Å². The quantitative estimate of drug-likeness (QED) is 0.646. The molecular weight excluding hydrogens is 221 g/mol. The third-order valence-electron chi connectivity index (χ3n) is 3.07. The van der Waals surface area contributed by atoms with Crippen molar-refractivity contribution in [1.29, 1.82) is 0 Å². The first-order valence-electron chi connectivity index (χ1n) is 5.87. The van der Waals surface area contributed by atoms with E-state index in [9.17, 15) is 9.18 Å². The second-order valence-electron chi connectivity index (χ2n) is 4.30. The molecule has 1 heterocycles. The normalized spacial score (nSPS) is 19.5. The number of hydrogen-bond donors (Lipinski definition) is 1. The van der Waals surface area contributed by atoms with Crippen molar-refractivity contribution in [3.63, 3.8) is 0 Å². The van der Waals surface area contributed by atoms with E-state index in [1.165, 1.54) is 12.1 Å². The summed E-state index contributed by atoms with van der Waals surface area (Å²) in [7, 11) is 0. The van der Waals surface area contributed by atoms with Gasteiger partial charge in [0.1, 0.15) is 5.82 Å². The number of para-hydroxylation sites is 1. The third kappa shape index (κ3) is 2.82. The first-order chi connectivity index (χ1) is 8.18. The Morgan fingerprint density at radius 2 is 2.35 bits per heavy atom. The molecule has 0 aliphatic carbocycles. The summed E-state index contributed by atoms with van der Waals surface area (Å²) >= 11 is 0. The first kappa shape index (κ1) is 12.0. The standard InChI is InChI=1S/C13H16FNO2/c14-11-5-1-4-10(13(11)15)12(16)7-6-9-3-2-8-17-9/h1,4-5,9H,2-3,6-8,15H2. The molecule has 0 spiro atoms. The van der Waals surface area contributed by atoms with E-state index in [-0.39, 0.29) is 23.1 Å². The van der Waals surface area contributed by atoms with Crippen LogP contribution in [0.5, 0.6) is 0 Å². The number of anilines is 1. The highest BCUT2D eigenvalue weighted by Gasteiger charge is 2.18. The molecule has 1 saturated heterocycles. The van der Waals surface area contributed by atoms with E-state index in [1.54, 1.807) is 6.07 Å². The van der Waals surface area contributed by atoms with Gasteiger partial charge in [0, 0.05) is 18.6 Å². The lowest BCUT2D eigenvalue weighted by Gasteiger charge is -2.09. The highest BCUT2D eigenvalue weighted by atomic mass is 19.1. The Hall–Kier alpha value is -1.42. The maximum atomic E-state index is 13.2. The Balaban J connectivity index is 1.97. The maximum absolute atomic E-state index is 13.2. The van der Waals surface area contributed by atoms with Crippen LogP contribution in [-0.4, -0.2) is 18.5 Å². The molecule has 1 atom stereocenters. The first-order valence-corrected chi connectivity index (χ1v) is 5.87. The summed E-state index contributed by atoms with van der Waals surface area (Å²) in [5, 5.41) is 0. The summed E-state index contributed by atoms with van der Waals surface area (Å²) in [5.74, 6) is -0.648. The largest absolute Gasteiger partial charge is 0.396 e. The molecule has 4 heteroatoms. The molecule has 1 fully saturated rings. The fourth-order valence-electron chi connectivity index (χ4n) is 2.08. The zero-order chi connectivity index (χ0) is 12.3. The molecule has 1 aliphatic heterocycles. The Bertz CT molecular complexity index is 414. The summed E-state index contributed by atoms with van der Waals surface area (Å²) < 4.78 is 18.6. The van der Waals surface area contributed by atoms with E-state index >= 15 is 0 Å². The predicted octanol–water partition coefficient (Wildman–Crippen LogP) is 2.55. The van der Waals surface area contributed by atoms with Gasteiger partial charge < -0.3 is 10.5 Å². The number of halogens is 1. The SMILES string of the molecule is Nc1c(F)cccc1C(=O)CCC1CCCO1. The fourth-order valence-corrected chi connectivity index (χ4v) is 2.08. The average molecular weight is 237 g/mol. The lowest BCUT2D eigenvalue weighted by molar-refractivity contribution is 0.0860. The van der Waals surface area contributed by atoms with Crippen molar-refractivity contribution >= 4 is 11.5 Å². The van der Waals surface area contributed by atoms with E-state index in [1.807, 2.05) is 0 Å². The third-order valence-corrected chi connectivity index (χ3v) is 3.07. The minimum Gasteiger partial charge on any atom is -0.396 e. The van der Waals surface area contributed by atoms with Crippen LogP contribution in [0.3, 0.4) is 0 Å². The molecule has 0 radical (unpaired) electrons. The number of ketones is 1. The van der Waals surface area contributed by atoms with Gasteiger partial charge in [-0.1, -0.05) is 6.07 Å². The van der Waals surface area contributed by atoms with Crippen LogP contribution in [0.1, 0.15) is 36.0 Å². The van der Waals surface area contributed by atoms with Crippen molar-refractivity contribution in [2.75, 3.05) is 12.3 Å². The maximum Gasteiger partial charge on any atom is 0.165 e. The lowest BCUT2D eigenvalue weighted by Crippen LogP contribution is -2.10. The van der Waals surface area contributed by atoms with Crippen LogP contribution in [-0.2, 0) is 4.74 Å². The Kier molecular flexibility index (Phi) is 3.74. The molecule has 0 aromatic heterocycles. The number of benzene rings is 1. The Morgan fingerprint density at radius 1 is 1.53 bits per heavy atom. The van der Waals surface area contributed by atoms with Gasteiger partial charge in [-0.2, -0.15) is 0 Å². The predicted molar refractivity (Wildman–Crippen MR) is 63.4 cm³/mol. The lowest BCUT2D eigenvalue weighted by atomic mass is 10.0. The summed E-state index contributed by atoms with van der Waals surface area (Å²) in [6, 6.07) is 4.33. The van der Waals surface area contributed by atoms with Crippen molar-refractivity contribution in [3.8, 4) is 0 Å². The molecule has 1 aromatic rings. The number of ether oxygens (including phenoxy) is 1. The van der Waals surface area contributed by atoms with E-state index in [2.05, 4.69) is 0 Å². The second kappa shape index (κ2) is 5.27. The van der Waals surface area contributed by atoms with Gasteiger partial charge in [0.25, 0.3) is 0 Å². The van der Waals surface area contributed by atoms with Crippen molar-refractivity contribution in [2.45, 2.75) is 31.8 Å². The molecule has 17 heavy (non-hydrogen) atoms. The van der Waals surface area contributed by atoms with Crippen LogP contribution in [0.4, 0.5) is 10.1 Å². The molecule has 1 aromatic carbocycles. The summed E-state index contributed by atoms with van der Waals surface area (Å²) in [6.45, 7) is 0.779. The highest BCUT2D eigenvalue weighted by molar-refractivity contribution is 6.00. The number of Topliss-reactive ketones (excluding diaryl/α,β-unsaturated/α-hetero) is 1. The Labute approximate surface area is 99.8 Å². The monoisotopic (exact) mass is 237 g/mol. The Morgan fingerprint density at radius 3 is 3.06 bits per heavy atom. The number of hydrogen-bond acceptors (Lipinski definition) is 3. The zero-order valence-corrected chi connectivity index (χ0v) is 9.62. The van der Waals surface area contributed by atoms with Crippen LogP contribution in [0.2, 0.25) is 0 Å². The zero-order valence-electron chi connectivity index (χ0n) is 9.62. The van der Waals surface area contributed by atoms with E-state index in [4.69, 9.17) is 10.5 Å². The van der Waals surface area contributed by atoms with Gasteiger partial charge in [0.2, 0.25) is 0 Å².